The number of nitrogens with zero attached hydrogens (tertiary/aromatic N) is 3. The van der Waals surface area contributed by atoms with E-state index >= 15 is 0 Å². The molecule has 170 valence electrons. The number of fused-ring (bicyclic) bond motifs is 1. The minimum Gasteiger partial charge on any atom is -0.474 e. The largest absolute Gasteiger partial charge is 0.474 e. The third kappa shape index (κ3) is 4.60. The van der Waals surface area contributed by atoms with Crippen LogP contribution >= 0.6 is 0 Å². The fourth-order valence-electron chi connectivity index (χ4n) is 4.12. The number of esters is 1. The topological polar surface area (TPSA) is 66.2 Å². The minimum atomic E-state index is -0.819. The summed E-state index contributed by atoms with van der Waals surface area (Å²) in [6.45, 7) is 8.84. The van der Waals surface area contributed by atoms with Crippen molar-refractivity contribution in [1.82, 2.24) is 14.5 Å². The van der Waals surface area contributed by atoms with Crippen molar-refractivity contribution < 1.29 is 14.3 Å². The second-order valence-corrected chi connectivity index (χ2v) is 8.25. The standard InChI is InChI=1S/C27H29N3O3/c1-6-23-29-24-18(3)14-19(4)28-26(24)30(23)16-20-12-13-22(17(2)15-20)33-25(27(31)32-5)21-10-8-7-9-11-21/h7-15,25H,6,16H2,1-5H3. The summed E-state index contributed by atoms with van der Waals surface area (Å²) in [5.41, 5.74) is 6.81. The summed E-state index contributed by atoms with van der Waals surface area (Å²) >= 11 is 0. The summed E-state index contributed by atoms with van der Waals surface area (Å²) in [6, 6.07) is 17.5. The third-order valence-corrected chi connectivity index (χ3v) is 5.76. The SMILES string of the molecule is CCc1nc2c(C)cc(C)nc2n1Cc1ccc(OC(C(=O)OC)c2ccccc2)c(C)c1. The number of imidazole rings is 1. The molecule has 0 N–H and O–H groups in total. The van der Waals surface area contributed by atoms with E-state index in [-0.39, 0.29) is 0 Å². The van der Waals surface area contributed by atoms with E-state index < -0.39 is 12.1 Å². The number of carbonyl (C=O) groups is 1. The quantitative estimate of drug-likeness (QED) is 0.365. The van der Waals surface area contributed by atoms with Crippen molar-refractivity contribution in [2.45, 2.75) is 46.8 Å². The molecular formula is C27H29N3O3. The Balaban J connectivity index is 1.64. The number of aromatic nitrogens is 3. The molecule has 0 saturated heterocycles. The first-order valence-electron chi connectivity index (χ1n) is 11.1. The van der Waals surface area contributed by atoms with Crippen LogP contribution in [-0.4, -0.2) is 27.6 Å². The van der Waals surface area contributed by atoms with Gasteiger partial charge < -0.3 is 14.0 Å². The first kappa shape index (κ1) is 22.5. The molecule has 0 amide bonds. The first-order valence-corrected chi connectivity index (χ1v) is 11.1. The van der Waals surface area contributed by atoms with Crippen molar-refractivity contribution in [3.8, 4) is 5.75 Å². The van der Waals surface area contributed by atoms with Crippen LogP contribution in [-0.2, 0) is 22.5 Å². The number of hydrogen-bond donors (Lipinski definition) is 0. The fraction of sp³-hybridized carbons (Fsp3) is 0.296. The van der Waals surface area contributed by atoms with Gasteiger partial charge in [-0.1, -0.05) is 49.4 Å². The zero-order valence-electron chi connectivity index (χ0n) is 19.8. The van der Waals surface area contributed by atoms with Crippen LogP contribution in [0, 0.1) is 20.8 Å². The number of methoxy groups -OCH3 is 1. The molecule has 0 aliphatic carbocycles. The molecule has 1 unspecified atom stereocenters. The molecule has 1 atom stereocenters. The molecule has 0 spiro atoms. The molecule has 4 aromatic rings. The van der Waals surface area contributed by atoms with Gasteiger partial charge in [-0.15, -0.1) is 0 Å². The highest BCUT2D eigenvalue weighted by molar-refractivity contribution is 5.77. The van der Waals surface area contributed by atoms with Crippen molar-refractivity contribution >= 4 is 17.1 Å². The van der Waals surface area contributed by atoms with Crippen molar-refractivity contribution in [2.24, 2.45) is 0 Å². The van der Waals surface area contributed by atoms with Crippen molar-refractivity contribution in [3.63, 3.8) is 0 Å². The van der Waals surface area contributed by atoms with Crippen LogP contribution in [0.5, 0.6) is 5.75 Å². The van der Waals surface area contributed by atoms with Gasteiger partial charge in [0.2, 0.25) is 6.10 Å². The normalized spacial score (nSPS) is 12.0. The predicted molar refractivity (Wildman–Crippen MR) is 128 cm³/mol. The van der Waals surface area contributed by atoms with Crippen LogP contribution in [0.3, 0.4) is 0 Å². The lowest BCUT2D eigenvalue weighted by molar-refractivity contribution is -0.149. The molecule has 2 heterocycles. The zero-order valence-corrected chi connectivity index (χ0v) is 19.8. The van der Waals surface area contributed by atoms with E-state index in [1.807, 2.05) is 56.3 Å². The summed E-state index contributed by atoms with van der Waals surface area (Å²) < 4.78 is 13.3. The molecule has 2 aromatic carbocycles. The van der Waals surface area contributed by atoms with E-state index in [0.29, 0.717) is 12.3 Å². The maximum absolute atomic E-state index is 12.4. The number of aryl methyl sites for hydroxylation is 4. The molecule has 0 radical (unpaired) electrons. The molecule has 33 heavy (non-hydrogen) atoms. The van der Waals surface area contributed by atoms with Crippen molar-refractivity contribution in [3.05, 3.63) is 88.4 Å². The Morgan fingerprint density at radius 1 is 1.00 bits per heavy atom. The van der Waals surface area contributed by atoms with Crippen molar-refractivity contribution in [2.75, 3.05) is 7.11 Å². The molecule has 6 heteroatoms. The van der Waals surface area contributed by atoms with Gasteiger partial charge in [0.15, 0.2) is 5.65 Å². The van der Waals surface area contributed by atoms with Crippen molar-refractivity contribution in [1.29, 1.82) is 0 Å². The second kappa shape index (κ2) is 9.45. The predicted octanol–water partition coefficient (Wildman–Crippen LogP) is 5.26. The fourth-order valence-corrected chi connectivity index (χ4v) is 4.12. The van der Waals surface area contributed by atoms with Crippen LogP contribution in [0.1, 0.15) is 46.8 Å². The molecule has 0 aliphatic heterocycles. The lowest BCUT2D eigenvalue weighted by Gasteiger charge is -2.19. The monoisotopic (exact) mass is 443 g/mol. The maximum Gasteiger partial charge on any atom is 0.351 e. The molecule has 0 fully saturated rings. The van der Waals surface area contributed by atoms with E-state index in [2.05, 4.69) is 30.5 Å². The van der Waals surface area contributed by atoms with Gasteiger partial charge in [0, 0.05) is 17.7 Å². The highest BCUT2D eigenvalue weighted by Gasteiger charge is 2.24. The van der Waals surface area contributed by atoms with E-state index in [0.717, 1.165) is 51.4 Å². The zero-order chi connectivity index (χ0) is 23.5. The Morgan fingerprint density at radius 2 is 1.76 bits per heavy atom. The summed E-state index contributed by atoms with van der Waals surface area (Å²) in [4.78, 5) is 22.0. The molecule has 0 bridgehead atoms. The Bertz CT molecular complexity index is 1300. The van der Waals surface area contributed by atoms with Gasteiger partial charge >= 0.3 is 5.97 Å². The van der Waals surface area contributed by atoms with Gasteiger partial charge in [0.25, 0.3) is 0 Å². The van der Waals surface area contributed by atoms with Crippen LogP contribution < -0.4 is 4.74 Å². The third-order valence-electron chi connectivity index (χ3n) is 5.76. The van der Waals surface area contributed by atoms with Gasteiger partial charge in [-0.2, -0.15) is 0 Å². The Hall–Kier alpha value is -3.67. The molecule has 0 saturated carbocycles. The maximum atomic E-state index is 12.4. The number of hydrogen-bond acceptors (Lipinski definition) is 5. The van der Waals surface area contributed by atoms with E-state index in [1.54, 1.807) is 0 Å². The van der Waals surface area contributed by atoms with Gasteiger partial charge in [-0.3, -0.25) is 0 Å². The van der Waals surface area contributed by atoms with Crippen LogP contribution in [0.25, 0.3) is 11.2 Å². The van der Waals surface area contributed by atoms with Crippen LogP contribution in [0.2, 0.25) is 0 Å². The molecule has 0 aliphatic rings. The van der Waals surface area contributed by atoms with Crippen LogP contribution in [0.4, 0.5) is 0 Å². The van der Waals surface area contributed by atoms with Gasteiger partial charge in [0.05, 0.1) is 13.7 Å². The molecular weight excluding hydrogens is 414 g/mol. The summed E-state index contributed by atoms with van der Waals surface area (Å²) in [7, 11) is 1.37. The van der Waals surface area contributed by atoms with Gasteiger partial charge in [-0.05, 0) is 49.6 Å². The van der Waals surface area contributed by atoms with Crippen LogP contribution in [0.15, 0.2) is 54.6 Å². The van der Waals surface area contributed by atoms with E-state index in [9.17, 15) is 4.79 Å². The molecule has 4 rings (SSSR count). The van der Waals surface area contributed by atoms with E-state index in [1.165, 1.54) is 7.11 Å². The summed E-state index contributed by atoms with van der Waals surface area (Å²) in [6.07, 6.45) is 0.00703. The van der Waals surface area contributed by atoms with Gasteiger partial charge in [0.1, 0.15) is 17.1 Å². The molecule has 2 aromatic heterocycles. The highest BCUT2D eigenvalue weighted by atomic mass is 16.6. The van der Waals surface area contributed by atoms with E-state index in [4.69, 9.17) is 19.4 Å². The second-order valence-electron chi connectivity index (χ2n) is 8.25. The number of rotatable bonds is 7. The average Bonchev–Trinajstić information content (AvgIpc) is 3.16. The molecule has 6 nitrogen and oxygen atoms in total. The lowest BCUT2D eigenvalue weighted by Crippen LogP contribution is -2.20. The highest BCUT2D eigenvalue weighted by Crippen LogP contribution is 2.28. The first-order chi connectivity index (χ1) is 15.9. The summed E-state index contributed by atoms with van der Waals surface area (Å²) in [5.74, 6) is 1.23. The number of benzene rings is 2. The number of ether oxygens (including phenoxy) is 2. The smallest absolute Gasteiger partial charge is 0.351 e. The summed E-state index contributed by atoms with van der Waals surface area (Å²) in [5, 5.41) is 0. The Morgan fingerprint density at radius 3 is 2.42 bits per heavy atom. The number of pyridine rings is 1. The lowest BCUT2D eigenvalue weighted by atomic mass is 10.1. The van der Waals surface area contributed by atoms with Gasteiger partial charge in [-0.25, -0.2) is 14.8 Å². The average molecular weight is 444 g/mol. The Kier molecular flexibility index (Phi) is 6.45. The number of carbonyl (C=O) groups excluding carboxylic acids is 1. The minimum absolute atomic E-state index is 0.432. The Labute approximate surface area is 194 Å².